The topological polar surface area (TPSA) is 21.3 Å². The van der Waals surface area contributed by atoms with Gasteiger partial charge in [-0.2, -0.15) is 0 Å². The molecule has 2 heteroatoms. The minimum absolute atomic E-state index is 0.0996. The fraction of sp³-hybridized carbons (Fsp3) is 1.00. The summed E-state index contributed by atoms with van der Waals surface area (Å²) in [5.74, 6) is 1.56. The maximum absolute atomic E-state index is 5.70. The summed E-state index contributed by atoms with van der Waals surface area (Å²) >= 11 is 0. The molecule has 1 saturated heterocycles. The first-order chi connectivity index (χ1) is 6.49. The maximum atomic E-state index is 5.70. The molecular formula is C12H25NO. The third-order valence-corrected chi connectivity index (χ3v) is 2.78. The fourth-order valence-corrected chi connectivity index (χ4v) is 2.11. The Kier molecular flexibility index (Phi) is 4.39. The molecule has 0 amide bonds. The average molecular weight is 199 g/mol. The lowest BCUT2D eigenvalue weighted by atomic mass is 9.88. The van der Waals surface area contributed by atoms with Gasteiger partial charge in [-0.15, -0.1) is 0 Å². The molecule has 0 bridgehead atoms. The Hall–Kier alpha value is -0.0800. The summed E-state index contributed by atoms with van der Waals surface area (Å²) < 4.78 is 5.70. The van der Waals surface area contributed by atoms with Crippen molar-refractivity contribution in [1.82, 2.24) is 5.32 Å². The van der Waals surface area contributed by atoms with Crippen LogP contribution in [0.4, 0.5) is 0 Å². The second-order valence-corrected chi connectivity index (χ2v) is 5.52. The molecule has 1 unspecified atom stereocenters. The zero-order valence-electron chi connectivity index (χ0n) is 10.1. The Balaban J connectivity index is 2.18. The summed E-state index contributed by atoms with van der Waals surface area (Å²) in [5, 5.41) is 3.54. The van der Waals surface area contributed by atoms with Crippen LogP contribution in [-0.2, 0) is 4.74 Å². The maximum Gasteiger partial charge on any atom is 0.0629 e. The predicted molar refractivity (Wildman–Crippen MR) is 60.5 cm³/mol. The van der Waals surface area contributed by atoms with Crippen molar-refractivity contribution in [3.05, 3.63) is 0 Å². The molecule has 0 aliphatic carbocycles. The van der Waals surface area contributed by atoms with Crippen molar-refractivity contribution in [1.29, 1.82) is 0 Å². The molecule has 0 aromatic rings. The van der Waals surface area contributed by atoms with Crippen molar-refractivity contribution in [2.45, 2.75) is 46.1 Å². The standard InChI is InChI=1S/C12H25NO/c1-10(2)8-13-9-11-5-6-14-12(3,4)7-11/h10-11,13H,5-9H2,1-4H3. The monoisotopic (exact) mass is 199 g/mol. The number of hydrogen-bond donors (Lipinski definition) is 1. The lowest BCUT2D eigenvalue weighted by Crippen LogP contribution is -2.38. The third-order valence-electron chi connectivity index (χ3n) is 2.78. The lowest BCUT2D eigenvalue weighted by Gasteiger charge is -2.35. The van der Waals surface area contributed by atoms with Crippen molar-refractivity contribution < 1.29 is 4.74 Å². The molecule has 1 N–H and O–H groups in total. The van der Waals surface area contributed by atoms with Crippen LogP contribution in [0.3, 0.4) is 0 Å². The van der Waals surface area contributed by atoms with Crippen LogP contribution >= 0.6 is 0 Å². The molecule has 1 heterocycles. The summed E-state index contributed by atoms with van der Waals surface area (Å²) in [5.41, 5.74) is 0.0996. The van der Waals surface area contributed by atoms with E-state index >= 15 is 0 Å². The molecular weight excluding hydrogens is 174 g/mol. The molecule has 1 aliphatic heterocycles. The van der Waals surface area contributed by atoms with Gasteiger partial charge >= 0.3 is 0 Å². The van der Waals surface area contributed by atoms with Gasteiger partial charge in [-0.1, -0.05) is 13.8 Å². The molecule has 0 aromatic heterocycles. The molecule has 1 rings (SSSR count). The largest absolute Gasteiger partial charge is 0.376 e. The van der Waals surface area contributed by atoms with Crippen molar-refractivity contribution >= 4 is 0 Å². The number of rotatable bonds is 4. The van der Waals surface area contributed by atoms with Gasteiger partial charge in [0.05, 0.1) is 5.60 Å². The van der Waals surface area contributed by atoms with E-state index in [-0.39, 0.29) is 5.60 Å². The van der Waals surface area contributed by atoms with Gasteiger partial charge in [-0.3, -0.25) is 0 Å². The van der Waals surface area contributed by atoms with E-state index in [1.54, 1.807) is 0 Å². The molecule has 84 valence electrons. The molecule has 0 aromatic carbocycles. The van der Waals surface area contributed by atoms with Gasteiger partial charge in [0.25, 0.3) is 0 Å². The Morgan fingerprint density at radius 2 is 2.14 bits per heavy atom. The lowest BCUT2D eigenvalue weighted by molar-refractivity contribution is -0.0718. The molecule has 14 heavy (non-hydrogen) atoms. The van der Waals surface area contributed by atoms with Gasteiger partial charge in [0, 0.05) is 6.61 Å². The smallest absolute Gasteiger partial charge is 0.0629 e. The van der Waals surface area contributed by atoms with E-state index in [1.807, 2.05) is 0 Å². The van der Waals surface area contributed by atoms with E-state index in [0.29, 0.717) is 0 Å². The van der Waals surface area contributed by atoms with Gasteiger partial charge < -0.3 is 10.1 Å². The fourth-order valence-electron chi connectivity index (χ4n) is 2.11. The highest BCUT2D eigenvalue weighted by molar-refractivity contribution is 4.79. The Morgan fingerprint density at radius 1 is 1.43 bits per heavy atom. The zero-order chi connectivity index (χ0) is 10.6. The summed E-state index contributed by atoms with van der Waals surface area (Å²) in [6.07, 6.45) is 2.41. The zero-order valence-corrected chi connectivity index (χ0v) is 10.1. The van der Waals surface area contributed by atoms with Crippen LogP contribution in [-0.4, -0.2) is 25.3 Å². The van der Waals surface area contributed by atoms with E-state index in [2.05, 4.69) is 33.0 Å². The quantitative estimate of drug-likeness (QED) is 0.751. The van der Waals surface area contributed by atoms with E-state index in [4.69, 9.17) is 4.74 Å². The molecule has 0 saturated carbocycles. The SMILES string of the molecule is CC(C)CNCC1CCOC(C)(C)C1. The second-order valence-electron chi connectivity index (χ2n) is 5.52. The normalized spacial score (nSPS) is 26.8. The van der Waals surface area contributed by atoms with Gasteiger partial charge in [0.15, 0.2) is 0 Å². The van der Waals surface area contributed by atoms with E-state index in [9.17, 15) is 0 Å². The van der Waals surface area contributed by atoms with Crippen LogP contribution in [0, 0.1) is 11.8 Å². The molecule has 1 fully saturated rings. The van der Waals surface area contributed by atoms with Crippen LogP contribution in [0.25, 0.3) is 0 Å². The second kappa shape index (κ2) is 5.13. The number of ether oxygens (including phenoxy) is 1. The first-order valence-corrected chi connectivity index (χ1v) is 5.84. The Morgan fingerprint density at radius 3 is 2.71 bits per heavy atom. The van der Waals surface area contributed by atoms with Crippen molar-refractivity contribution in [2.75, 3.05) is 19.7 Å². The summed E-state index contributed by atoms with van der Waals surface area (Å²) in [4.78, 5) is 0. The van der Waals surface area contributed by atoms with E-state index in [0.717, 1.165) is 31.5 Å². The molecule has 1 atom stereocenters. The van der Waals surface area contributed by atoms with Crippen molar-refractivity contribution in [3.63, 3.8) is 0 Å². The van der Waals surface area contributed by atoms with Gasteiger partial charge in [-0.05, 0) is 51.6 Å². The highest BCUT2D eigenvalue weighted by Crippen LogP contribution is 2.27. The summed E-state index contributed by atoms with van der Waals surface area (Å²) in [6, 6.07) is 0. The van der Waals surface area contributed by atoms with Crippen LogP contribution < -0.4 is 5.32 Å². The summed E-state index contributed by atoms with van der Waals surface area (Å²) in [7, 11) is 0. The third kappa shape index (κ3) is 4.43. The minimum atomic E-state index is 0.0996. The Labute approximate surface area is 88.4 Å². The van der Waals surface area contributed by atoms with Crippen molar-refractivity contribution in [3.8, 4) is 0 Å². The van der Waals surface area contributed by atoms with Crippen LogP contribution in [0.1, 0.15) is 40.5 Å². The number of hydrogen-bond acceptors (Lipinski definition) is 2. The van der Waals surface area contributed by atoms with Gasteiger partial charge in [0.2, 0.25) is 0 Å². The predicted octanol–water partition coefficient (Wildman–Crippen LogP) is 2.44. The first-order valence-electron chi connectivity index (χ1n) is 5.84. The van der Waals surface area contributed by atoms with Gasteiger partial charge in [0.1, 0.15) is 0 Å². The van der Waals surface area contributed by atoms with E-state index < -0.39 is 0 Å². The highest BCUT2D eigenvalue weighted by Gasteiger charge is 2.28. The first kappa shape index (κ1) is 12.0. The number of nitrogens with one attached hydrogen (secondary N) is 1. The van der Waals surface area contributed by atoms with E-state index in [1.165, 1.54) is 12.8 Å². The molecule has 2 nitrogen and oxygen atoms in total. The molecule has 0 radical (unpaired) electrons. The molecule has 0 spiro atoms. The highest BCUT2D eigenvalue weighted by atomic mass is 16.5. The minimum Gasteiger partial charge on any atom is -0.376 e. The molecule has 1 aliphatic rings. The average Bonchev–Trinajstić information content (AvgIpc) is 2.01. The van der Waals surface area contributed by atoms with Gasteiger partial charge in [-0.25, -0.2) is 0 Å². The van der Waals surface area contributed by atoms with Crippen molar-refractivity contribution in [2.24, 2.45) is 11.8 Å². The van der Waals surface area contributed by atoms with Crippen LogP contribution in [0.5, 0.6) is 0 Å². The van der Waals surface area contributed by atoms with Crippen LogP contribution in [0.15, 0.2) is 0 Å². The summed E-state index contributed by atoms with van der Waals surface area (Å²) in [6.45, 7) is 12.1. The Bertz CT molecular complexity index is 166. The van der Waals surface area contributed by atoms with Crippen LogP contribution in [0.2, 0.25) is 0 Å².